The zero-order chi connectivity index (χ0) is 14.2. The summed E-state index contributed by atoms with van der Waals surface area (Å²) in [5, 5.41) is 0. The Bertz CT molecular complexity index is 528. The molecule has 2 N–H and O–H groups in total. The highest BCUT2D eigenvalue weighted by Crippen LogP contribution is 2.43. The Morgan fingerprint density at radius 1 is 1.50 bits per heavy atom. The Morgan fingerprint density at radius 2 is 2.35 bits per heavy atom. The second-order valence-electron chi connectivity index (χ2n) is 6.08. The lowest BCUT2D eigenvalue weighted by molar-refractivity contribution is 0.235. The van der Waals surface area contributed by atoms with Crippen LogP contribution in [0.1, 0.15) is 39.0 Å². The molecule has 2 aliphatic rings. The molecule has 1 aliphatic carbocycles. The summed E-state index contributed by atoms with van der Waals surface area (Å²) < 4.78 is 13.5. The van der Waals surface area contributed by atoms with E-state index >= 15 is 0 Å². The molecule has 0 aromatic heterocycles. The van der Waals surface area contributed by atoms with Gasteiger partial charge in [-0.1, -0.05) is 32.3 Å². The van der Waals surface area contributed by atoms with Crippen molar-refractivity contribution in [3.05, 3.63) is 30.1 Å². The van der Waals surface area contributed by atoms with Gasteiger partial charge < -0.3 is 10.6 Å². The number of aliphatic imine (C=N–C) groups is 1. The molecule has 0 saturated heterocycles. The SMILES string of the molecule is CCC1CCCC2(CN=C(N)N2c2cccc(F)c2)C1. The zero-order valence-corrected chi connectivity index (χ0v) is 12.0. The minimum Gasteiger partial charge on any atom is -0.369 e. The lowest BCUT2D eigenvalue weighted by Crippen LogP contribution is -2.54. The largest absolute Gasteiger partial charge is 0.369 e. The molecule has 4 heteroatoms. The Hall–Kier alpha value is -1.58. The van der Waals surface area contributed by atoms with Crippen LogP contribution < -0.4 is 10.6 Å². The molecule has 1 saturated carbocycles. The summed E-state index contributed by atoms with van der Waals surface area (Å²) in [5.74, 6) is 1.04. The van der Waals surface area contributed by atoms with Crippen molar-refractivity contribution in [2.45, 2.75) is 44.6 Å². The lowest BCUT2D eigenvalue weighted by atomic mass is 9.74. The van der Waals surface area contributed by atoms with Gasteiger partial charge in [0.15, 0.2) is 5.96 Å². The van der Waals surface area contributed by atoms with Crippen LogP contribution in [-0.2, 0) is 0 Å². The van der Waals surface area contributed by atoms with Crippen LogP contribution in [0.4, 0.5) is 10.1 Å². The molecular weight excluding hydrogens is 253 g/mol. The fourth-order valence-electron chi connectivity index (χ4n) is 3.79. The van der Waals surface area contributed by atoms with E-state index < -0.39 is 0 Å². The fraction of sp³-hybridized carbons (Fsp3) is 0.562. The molecule has 1 spiro atoms. The highest BCUT2D eigenvalue weighted by Gasteiger charge is 2.45. The maximum absolute atomic E-state index is 13.5. The number of anilines is 1. The fourth-order valence-corrected chi connectivity index (χ4v) is 3.79. The molecule has 20 heavy (non-hydrogen) atoms. The van der Waals surface area contributed by atoms with Gasteiger partial charge in [0.25, 0.3) is 0 Å². The number of guanidine groups is 1. The number of hydrogen-bond acceptors (Lipinski definition) is 3. The lowest BCUT2D eigenvalue weighted by Gasteiger charge is -2.44. The Morgan fingerprint density at radius 3 is 3.10 bits per heavy atom. The number of halogens is 1. The van der Waals surface area contributed by atoms with E-state index in [2.05, 4.69) is 16.8 Å². The topological polar surface area (TPSA) is 41.6 Å². The minimum absolute atomic E-state index is 0.0309. The summed E-state index contributed by atoms with van der Waals surface area (Å²) in [4.78, 5) is 6.55. The van der Waals surface area contributed by atoms with Gasteiger partial charge in [-0.15, -0.1) is 0 Å². The van der Waals surface area contributed by atoms with Crippen molar-refractivity contribution in [2.75, 3.05) is 11.4 Å². The second kappa shape index (κ2) is 5.08. The third-order valence-electron chi connectivity index (χ3n) is 4.81. The van der Waals surface area contributed by atoms with Gasteiger partial charge >= 0.3 is 0 Å². The monoisotopic (exact) mass is 275 g/mol. The third kappa shape index (κ3) is 2.17. The first kappa shape index (κ1) is 13.4. The summed E-state index contributed by atoms with van der Waals surface area (Å²) in [5.41, 5.74) is 6.91. The van der Waals surface area contributed by atoms with Crippen LogP contribution >= 0.6 is 0 Å². The van der Waals surface area contributed by atoms with Gasteiger partial charge in [0.2, 0.25) is 0 Å². The maximum atomic E-state index is 13.5. The van der Waals surface area contributed by atoms with Crippen LogP contribution in [0.5, 0.6) is 0 Å². The van der Waals surface area contributed by atoms with Crippen LogP contribution in [0.3, 0.4) is 0 Å². The van der Waals surface area contributed by atoms with Crippen LogP contribution in [0.15, 0.2) is 29.3 Å². The van der Waals surface area contributed by atoms with Gasteiger partial charge in [-0.25, -0.2) is 4.39 Å². The van der Waals surface area contributed by atoms with E-state index in [1.807, 2.05) is 6.07 Å². The molecule has 0 amide bonds. The van der Waals surface area contributed by atoms with Gasteiger partial charge in [-0.2, -0.15) is 0 Å². The van der Waals surface area contributed by atoms with Gasteiger partial charge in [0, 0.05) is 5.69 Å². The van der Waals surface area contributed by atoms with E-state index in [4.69, 9.17) is 5.73 Å². The van der Waals surface area contributed by atoms with E-state index in [0.29, 0.717) is 5.96 Å². The third-order valence-corrected chi connectivity index (χ3v) is 4.81. The van der Waals surface area contributed by atoms with Crippen molar-refractivity contribution in [3.8, 4) is 0 Å². The standard InChI is InChI=1S/C16H22FN3/c1-2-12-5-4-8-16(10-12)11-19-15(18)20(16)14-7-3-6-13(17)9-14/h3,6-7,9,12H,2,4-5,8,10-11H2,1H3,(H2,18,19). The van der Waals surface area contributed by atoms with Crippen molar-refractivity contribution in [3.63, 3.8) is 0 Å². The maximum Gasteiger partial charge on any atom is 0.196 e. The Balaban J connectivity index is 1.95. The highest BCUT2D eigenvalue weighted by atomic mass is 19.1. The van der Waals surface area contributed by atoms with Gasteiger partial charge in [-0.3, -0.25) is 4.99 Å². The van der Waals surface area contributed by atoms with Crippen molar-refractivity contribution < 1.29 is 4.39 Å². The summed E-state index contributed by atoms with van der Waals surface area (Å²) in [6.07, 6.45) is 5.87. The van der Waals surface area contributed by atoms with Crippen molar-refractivity contribution >= 4 is 11.6 Å². The predicted molar refractivity (Wildman–Crippen MR) is 80.3 cm³/mol. The molecular formula is C16H22FN3. The number of rotatable bonds is 2. The highest BCUT2D eigenvalue weighted by molar-refractivity contribution is 5.98. The molecule has 1 aromatic rings. The van der Waals surface area contributed by atoms with E-state index in [1.165, 1.54) is 25.3 Å². The van der Waals surface area contributed by atoms with Gasteiger partial charge in [0.1, 0.15) is 5.82 Å². The summed E-state index contributed by atoms with van der Waals surface area (Å²) in [6.45, 7) is 2.99. The smallest absolute Gasteiger partial charge is 0.196 e. The summed E-state index contributed by atoms with van der Waals surface area (Å²) in [6, 6.07) is 6.69. The molecule has 1 aromatic carbocycles. The number of hydrogen-bond donors (Lipinski definition) is 1. The van der Waals surface area contributed by atoms with Crippen molar-refractivity contribution in [2.24, 2.45) is 16.6 Å². The molecule has 3 nitrogen and oxygen atoms in total. The average molecular weight is 275 g/mol. The number of benzene rings is 1. The summed E-state index contributed by atoms with van der Waals surface area (Å²) >= 11 is 0. The molecule has 0 bridgehead atoms. The average Bonchev–Trinajstić information content (AvgIpc) is 2.75. The molecule has 2 unspecified atom stereocenters. The van der Waals surface area contributed by atoms with E-state index in [0.717, 1.165) is 31.0 Å². The Labute approximate surface area is 119 Å². The molecule has 1 heterocycles. The van der Waals surface area contributed by atoms with Crippen LogP contribution in [-0.4, -0.2) is 18.0 Å². The zero-order valence-electron chi connectivity index (χ0n) is 12.0. The Kier molecular flexibility index (Phi) is 3.40. The van der Waals surface area contributed by atoms with Crippen LogP contribution in [0.25, 0.3) is 0 Å². The number of nitrogens with zero attached hydrogens (tertiary/aromatic N) is 2. The van der Waals surface area contributed by atoms with Crippen LogP contribution in [0, 0.1) is 11.7 Å². The molecule has 3 rings (SSSR count). The van der Waals surface area contributed by atoms with E-state index in [1.54, 1.807) is 12.1 Å². The molecule has 0 radical (unpaired) electrons. The molecule has 1 aliphatic heterocycles. The van der Waals surface area contributed by atoms with Crippen molar-refractivity contribution in [1.29, 1.82) is 0 Å². The van der Waals surface area contributed by atoms with Gasteiger partial charge in [-0.05, 0) is 37.0 Å². The minimum atomic E-state index is -0.222. The summed E-state index contributed by atoms with van der Waals surface area (Å²) in [7, 11) is 0. The molecule has 1 fully saturated rings. The first-order valence-electron chi connectivity index (χ1n) is 7.50. The first-order chi connectivity index (χ1) is 9.64. The quantitative estimate of drug-likeness (QED) is 0.899. The second-order valence-corrected chi connectivity index (χ2v) is 6.08. The van der Waals surface area contributed by atoms with Gasteiger partial charge in [0.05, 0.1) is 12.1 Å². The van der Waals surface area contributed by atoms with E-state index in [9.17, 15) is 4.39 Å². The predicted octanol–water partition coefficient (Wildman–Crippen LogP) is 3.30. The number of nitrogens with two attached hydrogens (primary N) is 1. The first-order valence-corrected chi connectivity index (χ1v) is 7.50. The van der Waals surface area contributed by atoms with Crippen molar-refractivity contribution in [1.82, 2.24) is 0 Å². The normalized spacial score (nSPS) is 29.8. The molecule has 2 atom stereocenters. The molecule has 108 valence electrons. The van der Waals surface area contributed by atoms with Crippen LogP contribution in [0.2, 0.25) is 0 Å². The van der Waals surface area contributed by atoms with E-state index in [-0.39, 0.29) is 11.4 Å².